The highest BCUT2D eigenvalue weighted by molar-refractivity contribution is 5.80. The predicted molar refractivity (Wildman–Crippen MR) is 121 cm³/mol. The molecule has 2 aliphatic rings. The summed E-state index contributed by atoms with van der Waals surface area (Å²) >= 11 is 0. The Morgan fingerprint density at radius 2 is 1.65 bits per heavy atom. The van der Waals surface area contributed by atoms with E-state index < -0.39 is 0 Å². The summed E-state index contributed by atoms with van der Waals surface area (Å²) in [5.74, 6) is 0.969. The fourth-order valence-corrected chi connectivity index (χ4v) is 5.18. The molecule has 2 aromatic rings. The molecule has 0 bridgehead atoms. The van der Waals surface area contributed by atoms with E-state index in [-0.39, 0.29) is 23.4 Å². The van der Waals surface area contributed by atoms with E-state index in [0.717, 1.165) is 43.4 Å². The molecule has 7 heteroatoms. The van der Waals surface area contributed by atoms with Crippen molar-refractivity contribution in [2.24, 2.45) is 11.8 Å². The summed E-state index contributed by atoms with van der Waals surface area (Å²) in [4.78, 5) is 42.3. The number of amides is 2. The number of carbonyl (C=O) groups excluding carboxylic acids is 2. The Morgan fingerprint density at radius 3 is 2.29 bits per heavy atom. The van der Waals surface area contributed by atoms with Crippen LogP contribution in [0.4, 0.5) is 0 Å². The van der Waals surface area contributed by atoms with Crippen LogP contribution in [0.1, 0.15) is 46.0 Å². The topological polar surface area (TPSA) is 67.5 Å². The van der Waals surface area contributed by atoms with Gasteiger partial charge in [0.1, 0.15) is 0 Å². The monoisotopic (exact) mass is 426 g/mol. The van der Waals surface area contributed by atoms with E-state index >= 15 is 0 Å². The Morgan fingerprint density at radius 1 is 0.968 bits per heavy atom. The van der Waals surface area contributed by atoms with Gasteiger partial charge in [0.15, 0.2) is 0 Å². The number of rotatable bonds is 5. The Hall–Kier alpha value is -2.57. The van der Waals surface area contributed by atoms with Crippen LogP contribution in [-0.2, 0) is 22.7 Å². The summed E-state index contributed by atoms with van der Waals surface area (Å²) in [5, 5.41) is 0. The summed E-state index contributed by atoms with van der Waals surface area (Å²) in [6, 6.07) is 7.74. The molecule has 1 aromatic carbocycles. The summed E-state index contributed by atoms with van der Waals surface area (Å²) in [6.07, 6.45) is 4.09. The zero-order valence-corrected chi connectivity index (χ0v) is 18.8. The molecule has 2 saturated heterocycles. The van der Waals surface area contributed by atoms with E-state index in [9.17, 15) is 14.4 Å². The fourth-order valence-electron chi connectivity index (χ4n) is 5.18. The van der Waals surface area contributed by atoms with Crippen molar-refractivity contribution in [2.45, 2.75) is 59.0 Å². The largest absolute Gasteiger partial charge is 0.343 e. The number of para-hydroxylation sites is 2. The van der Waals surface area contributed by atoms with E-state index in [4.69, 9.17) is 0 Å². The highest BCUT2D eigenvalue weighted by Crippen LogP contribution is 2.24. The second-order valence-corrected chi connectivity index (χ2v) is 9.10. The number of likely N-dealkylation sites (tertiary alicyclic amines) is 2. The molecule has 31 heavy (non-hydrogen) atoms. The molecular formula is C24H34N4O3. The number of aryl methyl sites for hydroxylation is 2. The molecule has 2 amide bonds. The molecule has 168 valence electrons. The van der Waals surface area contributed by atoms with Crippen molar-refractivity contribution >= 4 is 22.8 Å². The zero-order valence-electron chi connectivity index (χ0n) is 18.8. The maximum atomic E-state index is 12.9. The van der Waals surface area contributed by atoms with Crippen LogP contribution in [0.2, 0.25) is 0 Å². The van der Waals surface area contributed by atoms with Crippen molar-refractivity contribution in [3.63, 3.8) is 0 Å². The summed E-state index contributed by atoms with van der Waals surface area (Å²) in [7, 11) is 0. The minimum Gasteiger partial charge on any atom is -0.343 e. The molecule has 7 nitrogen and oxygen atoms in total. The lowest BCUT2D eigenvalue weighted by molar-refractivity contribution is -0.142. The van der Waals surface area contributed by atoms with Crippen LogP contribution in [0, 0.1) is 11.8 Å². The number of piperidine rings is 2. The molecule has 2 fully saturated rings. The van der Waals surface area contributed by atoms with Crippen LogP contribution in [0.3, 0.4) is 0 Å². The van der Waals surface area contributed by atoms with Gasteiger partial charge in [0.25, 0.3) is 0 Å². The molecule has 3 heterocycles. The maximum Gasteiger partial charge on any atom is 0.329 e. The number of aromatic nitrogens is 2. The van der Waals surface area contributed by atoms with Gasteiger partial charge in [-0.25, -0.2) is 4.79 Å². The van der Waals surface area contributed by atoms with Gasteiger partial charge in [0.2, 0.25) is 11.8 Å². The third-order valence-electron chi connectivity index (χ3n) is 6.96. The van der Waals surface area contributed by atoms with E-state index in [2.05, 4.69) is 6.92 Å². The Bertz CT molecular complexity index is 1000. The normalized spacial score (nSPS) is 20.4. The van der Waals surface area contributed by atoms with Gasteiger partial charge >= 0.3 is 5.69 Å². The summed E-state index contributed by atoms with van der Waals surface area (Å²) < 4.78 is 3.46. The van der Waals surface area contributed by atoms with Gasteiger partial charge in [-0.3, -0.25) is 18.7 Å². The number of benzene rings is 1. The van der Waals surface area contributed by atoms with E-state index in [1.54, 1.807) is 9.13 Å². The second-order valence-electron chi connectivity index (χ2n) is 9.10. The first kappa shape index (κ1) is 21.7. The van der Waals surface area contributed by atoms with Gasteiger partial charge in [-0.2, -0.15) is 0 Å². The molecule has 1 unspecified atom stereocenters. The second kappa shape index (κ2) is 9.28. The minimum atomic E-state index is -0.0587. The lowest BCUT2D eigenvalue weighted by Gasteiger charge is -2.37. The smallest absolute Gasteiger partial charge is 0.329 e. The van der Waals surface area contributed by atoms with Crippen LogP contribution in [0.5, 0.6) is 0 Å². The van der Waals surface area contributed by atoms with Crippen LogP contribution >= 0.6 is 0 Å². The average molecular weight is 427 g/mol. The first-order valence-electron chi connectivity index (χ1n) is 11.7. The third-order valence-corrected chi connectivity index (χ3v) is 6.96. The number of nitrogens with zero attached hydrogens (tertiary/aromatic N) is 4. The zero-order chi connectivity index (χ0) is 22.0. The first-order valence-corrected chi connectivity index (χ1v) is 11.7. The van der Waals surface area contributed by atoms with Gasteiger partial charge in [-0.05, 0) is 50.7 Å². The van der Waals surface area contributed by atoms with Crippen molar-refractivity contribution in [1.29, 1.82) is 0 Å². The molecule has 4 rings (SSSR count). The first-order chi connectivity index (χ1) is 15.0. The van der Waals surface area contributed by atoms with Crippen molar-refractivity contribution in [2.75, 3.05) is 26.2 Å². The van der Waals surface area contributed by atoms with Crippen molar-refractivity contribution in [3.8, 4) is 0 Å². The summed E-state index contributed by atoms with van der Waals surface area (Å²) in [6.45, 7) is 8.17. The number of hydrogen-bond donors (Lipinski definition) is 0. The summed E-state index contributed by atoms with van der Waals surface area (Å²) in [5.41, 5.74) is 1.73. The van der Waals surface area contributed by atoms with Crippen molar-refractivity contribution in [1.82, 2.24) is 18.9 Å². The molecule has 0 saturated carbocycles. The molecule has 0 radical (unpaired) electrons. The standard InChI is InChI=1S/C24H34N4O3/c1-3-27-20-8-4-5-9-21(20)28(24(27)31)16-12-22(29)25-14-10-19(11-15-25)23(30)26-13-6-7-18(2)17-26/h4-5,8-9,18-19H,3,6-7,10-17H2,1-2H3. The van der Waals surface area contributed by atoms with E-state index in [0.29, 0.717) is 38.5 Å². The number of carbonyl (C=O) groups is 2. The third kappa shape index (κ3) is 4.41. The lowest BCUT2D eigenvalue weighted by Crippen LogP contribution is -2.47. The molecule has 2 aliphatic heterocycles. The predicted octanol–water partition coefficient (Wildman–Crippen LogP) is 2.71. The minimum absolute atomic E-state index is 0.0412. The quantitative estimate of drug-likeness (QED) is 0.738. The molecule has 0 aliphatic carbocycles. The number of imidazole rings is 1. The molecule has 1 atom stereocenters. The van der Waals surface area contributed by atoms with E-state index in [1.165, 1.54) is 6.42 Å². The highest BCUT2D eigenvalue weighted by Gasteiger charge is 2.31. The van der Waals surface area contributed by atoms with Crippen LogP contribution in [0.25, 0.3) is 11.0 Å². The van der Waals surface area contributed by atoms with Crippen LogP contribution < -0.4 is 5.69 Å². The lowest BCUT2D eigenvalue weighted by atomic mass is 9.92. The molecule has 0 spiro atoms. The van der Waals surface area contributed by atoms with Crippen LogP contribution in [-0.4, -0.2) is 56.9 Å². The van der Waals surface area contributed by atoms with Crippen molar-refractivity contribution in [3.05, 3.63) is 34.7 Å². The molecular weight excluding hydrogens is 392 g/mol. The van der Waals surface area contributed by atoms with Gasteiger partial charge in [0, 0.05) is 51.6 Å². The Labute approximate surface area is 183 Å². The van der Waals surface area contributed by atoms with Gasteiger partial charge in [-0.15, -0.1) is 0 Å². The van der Waals surface area contributed by atoms with Crippen molar-refractivity contribution < 1.29 is 9.59 Å². The average Bonchev–Trinajstić information content (AvgIpc) is 3.07. The molecule has 0 N–H and O–H groups in total. The number of fused-ring (bicyclic) bond motifs is 1. The van der Waals surface area contributed by atoms with Gasteiger partial charge in [0.05, 0.1) is 11.0 Å². The van der Waals surface area contributed by atoms with Gasteiger partial charge < -0.3 is 9.80 Å². The van der Waals surface area contributed by atoms with E-state index in [1.807, 2.05) is 41.0 Å². The Balaban J connectivity index is 1.33. The van der Waals surface area contributed by atoms with Crippen LogP contribution in [0.15, 0.2) is 29.1 Å². The Kier molecular flexibility index (Phi) is 6.49. The number of hydrogen-bond acceptors (Lipinski definition) is 3. The maximum absolute atomic E-state index is 12.9. The SMILES string of the molecule is CCn1c(=O)n(CCC(=O)N2CCC(C(=O)N3CCCC(C)C3)CC2)c2ccccc21. The van der Waals surface area contributed by atoms with Gasteiger partial charge in [-0.1, -0.05) is 19.1 Å². The molecule has 1 aromatic heterocycles. The highest BCUT2D eigenvalue weighted by atomic mass is 16.2. The fraction of sp³-hybridized carbons (Fsp3) is 0.625.